The summed E-state index contributed by atoms with van der Waals surface area (Å²) in [7, 11) is 1.58. The molecule has 1 saturated heterocycles. The molecule has 110 valence electrons. The van der Waals surface area contributed by atoms with E-state index in [1.54, 1.807) is 0 Å². The molecule has 3 nitrogen and oxygen atoms in total. The molecule has 3 fully saturated rings. The average Bonchev–Trinajstić information content (AvgIpc) is 3.11. The van der Waals surface area contributed by atoms with E-state index in [-0.39, 0.29) is 0 Å². The van der Waals surface area contributed by atoms with Gasteiger partial charge in [-0.05, 0) is 57.8 Å². The molecule has 0 aromatic carbocycles. The summed E-state index contributed by atoms with van der Waals surface area (Å²) in [6.07, 6.45) is 8.24. The van der Waals surface area contributed by atoms with E-state index in [4.69, 9.17) is 8.85 Å². The summed E-state index contributed by atoms with van der Waals surface area (Å²) in [6, 6.07) is 1.25. The molecule has 0 spiro atoms. The van der Waals surface area contributed by atoms with E-state index in [0.29, 0.717) is 17.6 Å². The predicted octanol–water partition coefficient (Wildman–Crippen LogP) is 3.28. The maximum Gasteiger partial charge on any atom is 0.431 e. The Hall–Kier alpha value is 0.0969. The van der Waals surface area contributed by atoms with Crippen LogP contribution in [0, 0.1) is 11.8 Å². The minimum atomic E-state index is -2.22. The van der Waals surface area contributed by atoms with E-state index >= 15 is 0 Å². The van der Waals surface area contributed by atoms with Crippen LogP contribution in [0.4, 0.5) is 0 Å². The van der Waals surface area contributed by atoms with E-state index in [0.717, 1.165) is 11.8 Å². The van der Waals surface area contributed by atoms with Gasteiger partial charge in [-0.3, -0.25) is 4.57 Å². The maximum absolute atomic E-state index is 6.19. The van der Waals surface area contributed by atoms with Gasteiger partial charge in [0, 0.05) is 31.8 Å². The second-order valence-corrected chi connectivity index (χ2v) is 10.3. The van der Waals surface area contributed by atoms with Crippen LogP contribution in [-0.4, -0.2) is 39.6 Å². The summed E-state index contributed by atoms with van der Waals surface area (Å²) in [5, 5.41) is 0. The van der Waals surface area contributed by atoms with Crippen molar-refractivity contribution in [1.82, 2.24) is 4.57 Å². The summed E-state index contributed by atoms with van der Waals surface area (Å²) >= 11 is 0. The summed E-state index contributed by atoms with van der Waals surface area (Å²) in [5.41, 5.74) is 0.698. The van der Waals surface area contributed by atoms with Crippen molar-refractivity contribution in [2.24, 2.45) is 11.8 Å². The zero-order valence-corrected chi connectivity index (χ0v) is 13.9. The molecular formula is C15H29NO2Si. The highest BCUT2D eigenvalue weighted by atomic mass is 28.4. The third-order valence-corrected chi connectivity index (χ3v) is 10.5. The van der Waals surface area contributed by atoms with Crippen LogP contribution in [0.2, 0.25) is 5.54 Å². The van der Waals surface area contributed by atoms with Crippen LogP contribution >= 0.6 is 0 Å². The summed E-state index contributed by atoms with van der Waals surface area (Å²) in [5.74, 6) is 1.83. The van der Waals surface area contributed by atoms with Crippen molar-refractivity contribution in [2.75, 3.05) is 14.2 Å². The molecule has 1 heterocycles. The van der Waals surface area contributed by atoms with Crippen LogP contribution < -0.4 is 0 Å². The number of hydrogen-bond donors (Lipinski definition) is 0. The molecule has 2 aliphatic carbocycles. The van der Waals surface area contributed by atoms with E-state index < -0.39 is 8.72 Å². The largest absolute Gasteiger partial charge is 0.431 e. The SMILES string of the molecule is CO[Si](OC)(C1CC2CCC1C2)N1C(C)CCC1C. The molecule has 0 N–H and O–H groups in total. The van der Waals surface area contributed by atoms with Crippen molar-refractivity contribution in [3.8, 4) is 0 Å². The highest BCUT2D eigenvalue weighted by Gasteiger charge is 2.61. The van der Waals surface area contributed by atoms with Gasteiger partial charge >= 0.3 is 8.72 Å². The lowest BCUT2D eigenvalue weighted by Gasteiger charge is -2.46. The van der Waals surface area contributed by atoms with E-state index in [9.17, 15) is 0 Å². The van der Waals surface area contributed by atoms with Crippen molar-refractivity contribution in [2.45, 2.75) is 70.0 Å². The zero-order valence-electron chi connectivity index (χ0n) is 12.9. The van der Waals surface area contributed by atoms with Gasteiger partial charge in [-0.15, -0.1) is 0 Å². The fourth-order valence-corrected chi connectivity index (χ4v) is 9.88. The first-order chi connectivity index (χ1) is 9.12. The molecule has 5 unspecified atom stereocenters. The quantitative estimate of drug-likeness (QED) is 0.739. The third kappa shape index (κ3) is 2.03. The highest BCUT2D eigenvalue weighted by Crippen LogP contribution is 2.57. The highest BCUT2D eigenvalue weighted by molar-refractivity contribution is 6.66. The number of hydrogen-bond acceptors (Lipinski definition) is 3. The predicted molar refractivity (Wildman–Crippen MR) is 79.0 cm³/mol. The normalized spacial score (nSPS) is 43.3. The Balaban J connectivity index is 1.90. The molecule has 2 bridgehead atoms. The second kappa shape index (κ2) is 5.13. The van der Waals surface area contributed by atoms with Gasteiger partial charge in [-0.2, -0.15) is 0 Å². The van der Waals surface area contributed by atoms with Crippen LogP contribution in [0.25, 0.3) is 0 Å². The van der Waals surface area contributed by atoms with Gasteiger partial charge < -0.3 is 8.85 Å². The topological polar surface area (TPSA) is 21.7 Å². The molecule has 3 rings (SSSR count). The molecule has 4 heteroatoms. The summed E-state index contributed by atoms with van der Waals surface area (Å²) in [4.78, 5) is 0. The zero-order chi connectivity index (χ0) is 13.6. The van der Waals surface area contributed by atoms with E-state index in [1.165, 1.54) is 38.5 Å². The van der Waals surface area contributed by atoms with E-state index in [2.05, 4.69) is 18.4 Å². The van der Waals surface area contributed by atoms with Gasteiger partial charge in [-0.1, -0.05) is 6.42 Å². The summed E-state index contributed by atoms with van der Waals surface area (Å²) in [6.45, 7) is 4.72. The Kier molecular flexibility index (Phi) is 3.80. The number of fused-ring (bicyclic) bond motifs is 2. The molecule has 1 aliphatic heterocycles. The Morgan fingerprint density at radius 3 is 1.95 bits per heavy atom. The fourth-order valence-electron chi connectivity index (χ4n) is 5.29. The van der Waals surface area contributed by atoms with Gasteiger partial charge in [-0.25, -0.2) is 0 Å². The first-order valence-corrected chi connectivity index (χ1v) is 9.85. The van der Waals surface area contributed by atoms with Crippen molar-refractivity contribution < 1.29 is 8.85 Å². The first kappa shape index (κ1) is 14.1. The van der Waals surface area contributed by atoms with Crippen LogP contribution in [0.5, 0.6) is 0 Å². The molecular weight excluding hydrogens is 254 g/mol. The monoisotopic (exact) mass is 283 g/mol. The minimum absolute atomic E-state index is 0.626. The smallest absolute Gasteiger partial charge is 0.386 e. The van der Waals surface area contributed by atoms with Gasteiger partial charge in [0.25, 0.3) is 0 Å². The third-order valence-electron chi connectivity index (χ3n) is 6.10. The number of nitrogens with zero attached hydrogens (tertiary/aromatic N) is 1. The lowest BCUT2D eigenvalue weighted by atomic mass is 10.0. The Morgan fingerprint density at radius 2 is 1.53 bits per heavy atom. The fraction of sp³-hybridized carbons (Fsp3) is 1.00. The molecule has 0 aromatic rings. The maximum atomic E-state index is 6.19. The van der Waals surface area contributed by atoms with Crippen molar-refractivity contribution in [3.05, 3.63) is 0 Å². The Morgan fingerprint density at radius 1 is 0.895 bits per heavy atom. The molecule has 0 amide bonds. The lowest BCUT2D eigenvalue weighted by Crippen LogP contribution is -2.64. The second-order valence-electron chi connectivity index (χ2n) is 7.00. The van der Waals surface area contributed by atoms with Crippen LogP contribution in [0.15, 0.2) is 0 Å². The molecule has 3 aliphatic rings. The standard InChI is InChI=1S/C15H29NO2Si/c1-11-5-6-12(2)16(11)19(17-3,18-4)15-10-13-7-8-14(15)9-13/h11-15H,5-10H2,1-4H3. The molecule has 5 atom stereocenters. The van der Waals surface area contributed by atoms with Gasteiger partial charge in [0.2, 0.25) is 0 Å². The molecule has 19 heavy (non-hydrogen) atoms. The van der Waals surface area contributed by atoms with Crippen molar-refractivity contribution in [3.63, 3.8) is 0 Å². The van der Waals surface area contributed by atoms with Gasteiger partial charge in [0.15, 0.2) is 0 Å². The minimum Gasteiger partial charge on any atom is -0.386 e. The van der Waals surface area contributed by atoms with Crippen LogP contribution in [-0.2, 0) is 8.85 Å². The Bertz CT molecular complexity index is 324. The molecule has 2 saturated carbocycles. The van der Waals surface area contributed by atoms with Gasteiger partial charge in [0.05, 0.1) is 0 Å². The Labute approximate surface area is 119 Å². The first-order valence-electron chi connectivity index (χ1n) is 8.01. The van der Waals surface area contributed by atoms with Gasteiger partial charge in [0.1, 0.15) is 0 Å². The molecule has 0 aromatic heterocycles. The average molecular weight is 283 g/mol. The summed E-state index contributed by atoms with van der Waals surface area (Å²) < 4.78 is 15.0. The van der Waals surface area contributed by atoms with Crippen LogP contribution in [0.3, 0.4) is 0 Å². The lowest BCUT2D eigenvalue weighted by molar-refractivity contribution is 0.119. The van der Waals surface area contributed by atoms with Crippen molar-refractivity contribution >= 4 is 8.72 Å². The van der Waals surface area contributed by atoms with Crippen LogP contribution in [0.1, 0.15) is 52.4 Å². The molecule has 0 radical (unpaired) electrons. The van der Waals surface area contributed by atoms with E-state index in [1.807, 2.05) is 14.2 Å². The number of rotatable bonds is 4. The van der Waals surface area contributed by atoms with Crippen molar-refractivity contribution in [1.29, 1.82) is 0 Å².